The lowest BCUT2D eigenvalue weighted by molar-refractivity contribution is 0.0107. The van der Waals surface area contributed by atoms with Crippen molar-refractivity contribution >= 4 is 23.6 Å². The van der Waals surface area contributed by atoms with E-state index < -0.39 is 6.09 Å². The van der Waals surface area contributed by atoms with Crippen LogP contribution in [0.3, 0.4) is 0 Å². The van der Waals surface area contributed by atoms with Crippen molar-refractivity contribution < 1.29 is 19.4 Å². The quantitative estimate of drug-likeness (QED) is 0.466. The fraction of sp³-hybridized carbons (Fsp3) is 0.552. The molecule has 3 N–H and O–H groups in total. The van der Waals surface area contributed by atoms with Gasteiger partial charge in [0.05, 0.1) is 31.3 Å². The number of benzene rings is 1. The van der Waals surface area contributed by atoms with Crippen LogP contribution in [0.5, 0.6) is 0 Å². The number of ether oxygens (including phenoxy) is 1. The van der Waals surface area contributed by atoms with Crippen LogP contribution in [0, 0.1) is 0 Å². The molecular formula is C29H42N6O4. The molecule has 3 atom stereocenters. The maximum Gasteiger partial charge on any atom is 0.407 e. The fourth-order valence-corrected chi connectivity index (χ4v) is 5.82. The van der Waals surface area contributed by atoms with Crippen LogP contribution in [0.25, 0.3) is 0 Å². The molecule has 1 aromatic carbocycles. The van der Waals surface area contributed by atoms with Gasteiger partial charge in [0, 0.05) is 36.4 Å². The first-order valence-electron chi connectivity index (χ1n) is 13.8. The Hall–Kier alpha value is -3.53. The summed E-state index contributed by atoms with van der Waals surface area (Å²) in [6, 6.07) is 7.04. The van der Waals surface area contributed by atoms with Crippen molar-refractivity contribution in [1.29, 1.82) is 0 Å². The lowest BCUT2D eigenvalue weighted by atomic mass is 9.82. The lowest BCUT2D eigenvalue weighted by Gasteiger charge is -2.55. The number of nitrogens with one attached hydrogen (secondary N) is 2. The third-order valence-electron chi connectivity index (χ3n) is 7.50. The Morgan fingerprint density at radius 2 is 1.95 bits per heavy atom. The van der Waals surface area contributed by atoms with Crippen LogP contribution >= 0.6 is 0 Å². The Bertz CT molecular complexity index is 1140. The number of nitrogens with zero attached hydrogens (tertiary/aromatic N) is 4. The fourth-order valence-electron chi connectivity index (χ4n) is 5.82. The van der Waals surface area contributed by atoms with Crippen LogP contribution in [0.2, 0.25) is 0 Å². The molecule has 3 aliphatic rings. The van der Waals surface area contributed by atoms with Gasteiger partial charge in [0.25, 0.3) is 0 Å². The summed E-state index contributed by atoms with van der Waals surface area (Å²) in [5.41, 5.74) is 2.38. The van der Waals surface area contributed by atoms with Gasteiger partial charge in [0.15, 0.2) is 0 Å². The van der Waals surface area contributed by atoms with Crippen LogP contribution in [0.1, 0.15) is 53.0 Å². The van der Waals surface area contributed by atoms with Crippen molar-refractivity contribution in [2.75, 3.05) is 38.2 Å². The number of carbonyl (C=O) groups excluding carboxylic acids is 1. The van der Waals surface area contributed by atoms with Gasteiger partial charge in [0.1, 0.15) is 11.7 Å². The molecule has 0 bridgehead atoms. The van der Waals surface area contributed by atoms with Gasteiger partial charge in [-0.1, -0.05) is 6.08 Å². The van der Waals surface area contributed by atoms with E-state index in [-0.39, 0.29) is 29.7 Å². The number of amidine groups is 1. The maximum absolute atomic E-state index is 12.4. The SMILES string of the molecule is C=CCC1C2C(=C(N3CCOC[C@@H]3C)N=C(c3ccc(NC(=O)NCC)cc3)N2C(C)(C)C)CCN1C(=O)O. The third kappa shape index (κ3) is 5.90. The van der Waals surface area contributed by atoms with Crippen LogP contribution in [-0.2, 0) is 4.74 Å². The van der Waals surface area contributed by atoms with E-state index in [1.807, 2.05) is 37.3 Å². The summed E-state index contributed by atoms with van der Waals surface area (Å²) < 4.78 is 5.73. The number of rotatable bonds is 6. The first-order valence-corrected chi connectivity index (χ1v) is 13.8. The van der Waals surface area contributed by atoms with E-state index in [1.54, 1.807) is 4.90 Å². The van der Waals surface area contributed by atoms with Crippen molar-refractivity contribution in [3.05, 3.63) is 53.9 Å². The summed E-state index contributed by atoms with van der Waals surface area (Å²) in [4.78, 5) is 35.9. The minimum atomic E-state index is -0.916. The molecule has 4 rings (SSSR count). The molecule has 212 valence electrons. The first-order chi connectivity index (χ1) is 18.6. The van der Waals surface area contributed by atoms with Crippen LogP contribution < -0.4 is 10.6 Å². The molecule has 3 amide bonds. The zero-order valence-corrected chi connectivity index (χ0v) is 23.7. The van der Waals surface area contributed by atoms with Crippen molar-refractivity contribution in [2.45, 2.75) is 71.1 Å². The molecule has 10 nitrogen and oxygen atoms in total. The number of morpholine rings is 1. The summed E-state index contributed by atoms with van der Waals surface area (Å²) in [5.74, 6) is 1.71. The van der Waals surface area contributed by atoms with E-state index in [9.17, 15) is 14.7 Å². The van der Waals surface area contributed by atoms with Gasteiger partial charge in [-0.2, -0.15) is 0 Å². The molecule has 3 aliphatic heterocycles. The Balaban J connectivity index is 1.86. The molecular weight excluding hydrogens is 496 g/mol. The number of carbonyl (C=O) groups is 2. The Labute approximate surface area is 231 Å². The van der Waals surface area contributed by atoms with E-state index in [2.05, 4.69) is 54.7 Å². The number of fused-ring (bicyclic) bond motifs is 1. The highest BCUT2D eigenvalue weighted by atomic mass is 16.5. The number of piperidine rings is 1. The first kappa shape index (κ1) is 28.5. The summed E-state index contributed by atoms with van der Waals surface area (Å²) in [6.45, 7) is 17.3. The average Bonchev–Trinajstić information content (AvgIpc) is 2.88. The van der Waals surface area contributed by atoms with Crippen LogP contribution in [-0.4, -0.2) is 94.3 Å². The van der Waals surface area contributed by atoms with Crippen molar-refractivity contribution in [2.24, 2.45) is 4.99 Å². The highest BCUT2D eigenvalue weighted by Crippen LogP contribution is 2.41. The van der Waals surface area contributed by atoms with Gasteiger partial charge in [0.2, 0.25) is 0 Å². The summed E-state index contributed by atoms with van der Waals surface area (Å²) >= 11 is 0. The van der Waals surface area contributed by atoms with Gasteiger partial charge in [-0.3, -0.25) is 0 Å². The molecule has 0 aromatic heterocycles. The van der Waals surface area contributed by atoms with Crippen LogP contribution in [0.15, 0.2) is 53.3 Å². The summed E-state index contributed by atoms with van der Waals surface area (Å²) in [6.07, 6.45) is 2.04. The highest BCUT2D eigenvalue weighted by Gasteiger charge is 2.48. The molecule has 0 radical (unpaired) electrons. The van der Waals surface area contributed by atoms with E-state index in [0.717, 1.165) is 23.8 Å². The smallest absolute Gasteiger partial charge is 0.407 e. The molecule has 39 heavy (non-hydrogen) atoms. The van der Waals surface area contributed by atoms with E-state index in [4.69, 9.17) is 9.73 Å². The number of amides is 3. The van der Waals surface area contributed by atoms with Gasteiger partial charge >= 0.3 is 12.1 Å². The second-order valence-corrected chi connectivity index (χ2v) is 11.3. The number of hydrogen-bond donors (Lipinski definition) is 3. The van der Waals surface area contributed by atoms with Crippen molar-refractivity contribution in [3.63, 3.8) is 0 Å². The van der Waals surface area contributed by atoms with Gasteiger partial charge < -0.3 is 35.2 Å². The molecule has 2 saturated heterocycles. The Morgan fingerprint density at radius 3 is 2.54 bits per heavy atom. The topological polar surface area (TPSA) is 110 Å². The molecule has 2 fully saturated rings. The van der Waals surface area contributed by atoms with E-state index >= 15 is 0 Å². The zero-order chi connectivity index (χ0) is 28.3. The molecule has 0 spiro atoms. The standard InChI is InChI=1S/C29H42N6O4/c1-7-9-23-24-22(14-15-34(23)28(37)38)26(33-16-17-39-18-19(33)3)32-25(35(24)29(4,5)6)20-10-12-21(13-11-20)31-27(36)30-8-2/h7,10-13,19,23-24H,1,8-9,14-18H2,2-6H3,(H,37,38)(H2,30,31,36)/t19-,23?,24?/m0/s1. The molecule has 0 saturated carbocycles. The molecule has 0 aliphatic carbocycles. The normalized spacial score (nSPS) is 23.7. The monoisotopic (exact) mass is 538 g/mol. The minimum absolute atomic E-state index is 0.145. The van der Waals surface area contributed by atoms with Gasteiger partial charge in [-0.25, -0.2) is 14.6 Å². The zero-order valence-electron chi connectivity index (χ0n) is 23.7. The predicted molar refractivity (Wildman–Crippen MR) is 153 cm³/mol. The molecule has 3 heterocycles. The molecule has 1 aromatic rings. The number of hydrogen-bond acceptors (Lipinski definition) is 6. The van der Waals surface area contributed by atoms with E-state index in [0.29, 0.717) is 44.8 Å². The number of likely N-dealkylation sites (tertiary alicyclic amines) is 1. The number of aliphatic imine (C=N–C) groups is 1. The van der Waals surface area contributed by atoms with Crippen LogP contribution in [0.4, 0.5) is 15.3 Å². The molecule has 2 unspecified atom stereocenters. The largest absolute Gasteiger partial charge is 0.465 e. The average molecular weight is 539 g/mol. The Morgan fingerprint density at radius 1 is 1.23 bits per heavy atom. The summed E-state index contributed by atoms with van der Waals surface area (Å²) in [7, 11) is 0. The van der Waals surface area contributed by atoms with Gasteiger partial charge in [-0.15, -0.1) is 6.58 Å². The van der Waals surface area contributed by atoms with Crippen molar-refractivity contribution in [1.82, 2.24) is 20.0 Å². The summed E-state index contributed by atoms with van der Waals surface area (Å²) in [5, 5.41) is 15.7. The highest BCUT2D eigenvalue weighted by molar-refractivity contribution is 6.01. The van der Waals surface area contributed by atoms with E-state index in [1.165, 1.54) is 5.57 Å². The second kappa shape index (κ2) is 11.7. The van der Waals surface area contributed by atoms with Crippen molar-refractivity contribution in [3.8, 4) is 0 Å². The second-order valence-electron chi connectivity index (χ2n) is 11.3. The Kier molecular flexibility index (Phi) is 8.54. The maximum atomic E-state index is 12.4. The lowest BCUT2D eigenvalue weighted by Crippen LogP contribution is -2.65. The minimum Gasteiger partial charge on any atom is -0.465 e. The van der Waals surface area contributed by atoms with Gasteiger partial charge in [-0.05, 0) is 77.3 Å². The third-order valence-corrected chi connectivity index (χ3v) is 7.50. The molecule has 10 heteroatoms. The number of urea groups is 1. The number of carboxylic acid groups (broad SMARTS) is 1. The predicted octanol–water partition coefficient (Wildman–Crippen LogP) is 4.32. The number of anilines is 1.